The van der Waals surface area contributed by atoms with Gasteiger partial charge in [-0.25, -0.2) is 14.3 Å². The molecule has 0 spiro atoms. The van der Waals surface area contributed by atoms with Gasteiger partial charge in [-0.05, 0) is 25.5 Å². The summed E-state index contributed by atoms with van der Waals surface area (Å²) in [5.41, 5.74) is 4.11. The van der Waals surface area contributed by atoms with Gasteiger partial charge in [-0.3, -0.25) is 5.41 Å². The van der Waals surface area contributed by atoms with E-state index in [9.17, 15) is 0 Å². The van der Waals surface area contributed by atoms with Gasteiger partial charge >= 0.3 is 0 Å². The molecule has 0 radical (unpaired) electrons. The number of aromatic nitrogens is 4. The summed E-state index contributed by atoms with van der Waals surface area (Å²) in [5.74, 6) is 5.61. The van der Waals surface area contributed by atoms with Crippen LogP contribution in [0.25, 0.3) is 16.7 Å². The van der Waals surface area contributed by atoms with E-state index in [0.717, 1.165) is 11.3 Å². The fourth-order valence-corrected chi connectivity index (χ4v) is 2.17. The van der Waals surface area contributed by atoms with Gasteiger partial charge in [-0.2, -0.15) is 5.10 Å². The Bertz CT molecular complexity index is 827. The van der Waals surface area contributed by atoms with Crippen molar-refractivity contribution in [1.82, 2.24) is 19.4 Å². The summed E-state index contributed by atoms with van der Waals surface area (Å²) >= 11 is 0. The number of hydrogen-bond acceptors (Lipinski definition) is 4. The van der Waals surface area contributed by atoms with Crippen LogP contribution in [0.1, 0.15) is 11.1 Å². The standard InChI is InChI=1S/C13H14N6/c1-8-3-4-11(9(2)5-8)19-13-10(6-17-19)12(14)18(15)7-16-13/h3-7,14H,15H2,1-2H3. The molecule has 2 heterocycles. The first-order valence-electron chi connectivity index (χ1n) is 5.90. The van der Waals surface area contributed by atoms with E-state index in [1.807, 2.05) is 19.1 Å². The molecule has 0 fully saturated rings. The Morgan fingerprint density at radius 3 is 2.79 bits per heavy atom. The quantitative estimate of drug-likeness (QED) is 0.636. The van der Waals surface area contributed by atoms with Gasteiger partial charge in [0.25, 0.3) is 0 Å². The molecular formula is C13H14N6. The third kappa shape index (κ3) is 1.69. The number of nitrogens with two attached hydrogens (primary N) is 1. The second-order valence-electron chi connectivity index (χ2n) is 4.58. The second kappa shape index (κ2) is 3.94. The topological polar surface area (TPSA) is 85.5 Å². The second-order valence-corrected chi connectivity index (χ2v) is 4.58. The molecular weight excluding hydrogens is 240 g/mol. The van der Waals surface area contributed by atoms with Crippen molar-refractivity contribution in [1.29, 1.82) is 5.41 Å². The lowest BCUT2D eigenvalue weighted by molar-refractivity contribution is 0.848. The van der Waals surface area contributed by atoms with Crippen molar-refractivity contribution in [3.63, 3.8) is 0 Å². The van der Waals surface area contributed by atoms with Crippen LogP contribution in [-0.2, 0) is 0 Å². The Hall–Kier alpha value is -2.63. The number of hydrogen-bond donors (Lipinski definition) is 2. The lowest BCUT2D eigenvalue weighted by Crippen LogP contribution is -2.27. The maximum Gasteiger partial charge on any atom is 0.168 e. The lowest BCUT2D eigenvalue weighted by Gasteiger charge is -2.08. The minimum Gasteiger partial charge on any atom is -0.336 e. The Kier molecular flexibility index (Phi) is 2.38. The van der Waals surface area contributed by atoms with Gasteiger partial charge in [0.1, 0.15) is 6.33 Å². The predicted octanol–water partition coefficient (Wildman–Crippen LogP) is 1.03. The van der Waals surface area contributed by atoms with Gasteiger partial charge in [0.05, 0.1) is 17.3 Å². The molecule has 19 heavy (non-hydrogen) atoms. The Morgan fingerprint density at radius 2 is 2.05 bits per heavy atom. The van der Waals surface area contributed by atoms with Crippen LogP contribution in [-0.4, -0.2) is 19.4 Å². The Morgan fingerprint density at radius 1 is 1.26 bits per heavy atom. The molecule has 0 saturated heterocycles. The van der Waals surface area contributed by atoms with Crippen LogP contribution in [0, 0.1) is 19.3 Å². The first-order chi connectivity index (χ1) is 9.08. The molecule has 96 valence electrons. The highest BCUT2D eigenvalue weighted by Crippen LogP contribution is 2.18. The van der Waals surface area contributed by atoms with Gasteiger partial charge in [0.2, 0.25) is 0 Å². The third-order valence-corrected chi connectivity index (χ3v) is 3.14. The van der Waals surface area contributed by atoms with Crippen LogP contribution >= 0.6 is 0 Å². The monoisotopic (exact) mass is 254 g/mol. The van der Waals surface area contributed by atoms with Gasteiger partial charge in [-0.15, -0.1) is 0 Å². The summed E-state index contributed by atoms with van der Waals surface area (Å²) in [4.78, 5) is 4.26. The van der Waals surface area contributed by atoms with Gasteiger partial charge in [0, 0.05) is 0 Å². The van der Waals surface area contributed by atoms with E-state index < -0.39 is 0 Å². The van der Waals surface area contributed by atoms with E-state index in [1.165, 1.54) is 16.6 Å². The van der Waals surface area contributed by atoms with Gasteiger partial charge in [-0.1, -0.05) is 17.7 Å². The highest BCUT2D eigenvalue weighted by Gasteiger charge is 2.10. The van der Waals surface area contributed by atoms with E-state index >= 15 is 0 Å². The predicted molar refractivity (Wildman–Crippen MR) is 72.3 cm³/mol. The van der Waals surface area contributed by atoms with Crippen molar-refractivity contribution in [2.45, 2.75) is 13.8 Å². The summed E-state index contributed by atoms with van der Waals surface area (Å²) in [5, 5.41) is 12.8. The summed E-state index contributed by atoms with van der Waals surface area (Å²) in [6, 6.07) is 6.13. The molecule has 6 nitrogen and oxygen atoms in total. The summed E-state index contributed by atoms with van der Waals surface area (Å²) in [6.07, 6.45) is 3.04. The molecule has 0 aliphatic rings. The van der Waals surface area contributed by atoms with E-state index in [0.29, 0.717) is 11.0 Å². The molecule has 0 bridgehead atoms. The number of aryl methyl sites for hydroxylation is 2. The zero-order valence-electron chi connectivity index (χ0n) is 10.8. The van der Waals surface area contributed by atoms with E-state index in [1.54, 1.807) is 10.9 Å². The van der Waals surface area contributed by atoms with Crippen molar-refractivity contribution in [3.05, 3.63) is 47.3 Å². The van der Waals surface area contributed by atoms with E-state index in [2.05, 4.69) is 23.1 Å². The van der Waals surface area contributed by atoms with Crippen molar-refractivity contribution in [2.24, 2.45) is 0 Å². The van der Waals surface area contributed by atoms with E-state index in [-0.39, 0.29) is 5.49 Å². The van der Waals surface area contributed by atoms with Crippen molar-refractivity contribution >= 4 is 11.0 Å². The average Bonchev–Trinajstić information content (AvgIpc) is 2.78. The minimum atomic E-state index is 0.195. The fraction of sp³-hybridized carbons (Fsp3) is 0.154. The SMILES string of the molecule is Cc1ccc(-n2ncc3c(=N)n(N)cnc32)c(C)c1. The minimum absolute atomic E-state index is 0.195. The maximum atomic E-state index is 7.90. The van der Waals surface area contributed by atoms with E-state index in [4.69, 9.17) is 11.3 Å². The molecule has 3 aromatic rings. The largest absolute Gasteiger partial charge is 0.336 e. The zero-order valence-corrected chi connectivity index (χ0v) is 10.8. The van der Waals surface area contributed by atoms with Crippen LogP contribution in [0.5, 0.6) is 0 Å². The highest BCUT2D eigenvalue weighted by atomic mass is 15.3. The third-order valence-electron chi connectivity index (χ3n) is 3.14. The Labute approximate surface area is 109 Å². The molecule has 3 N–H and O–H groups in total. The molecule has 0 saturated carbocycles. The van der Waals surface area contributed by atoms with Crippen LogP contribution in [0.2, 0.25) is 0 Å². The molecule has 0 atom stereocenters. The smallest absolute Gasteiger partial charge is 0.168 e. The molecule has 1 aromatic carbocycles. The molecule has 2 aromatic heterocycles. The molecule has 0 aliphatic carbocycles. The summed E-state index contributed by atoms with van der Waals surface area (Å²) in [6.45, 7) is 4.08. The normalized spacial score (nSPS) is 11.1. The van der Waals surface area contributed by atoms with Crippen LogP contribution < -0.4 is 11.3 Å². The summed E-state index contributed by atoms with van der Waals surface area (Å²) in [7, 11) is 0. The number of fused-ring (bicyclic) bond motifs is 1. The van der Waals surface area contributed by atoms with Crippen molar-refractivity contribution in [2.75, 3.05) is 5.84 Å². The molecule has 3 rings (SSSR count). The summed E-state index contributed by atoms with van der Waals surface area (Å²) < 4.78 is 2.92. The van der Waals surface area contributed by atoms with Crippen molar-refractivity contribution < 1.29 is 0 Å². The van der Waals surface area contributed by atoms with Crippen LogP contribution in [0.4, 0.5) is 0 Å². The zero-order chi connectivity index (χ0) is 13.6. The highest BCUT2D eigenvalue weighted by molar-refractivity contribution is 5.74. The Balaban J connectivity index is 2.32. The number of nitrogens with one attached hydrogen (secondary N) is 1. The number of nitrogen functional groups attached to an aromatic ring is 1. The van der Waals surface area contributed by atoms with Crippen LogP contribution in [0.3, 0.4) is 0 Å². The number of rotatable bonds is 1. The molecule has 6 heteroatoms. The number of benzene rings is 1. The molecule has 0 amide bonds. The van der Waals surface area contributed by atoms with Crippen molar-refractivity contribution in [3.8, 4) is 5.69 Å². The fourth-order valence-electron chi connectivity index (χ4n) is 2.17. The van der Waals surface area contributed by atoms with Gasteiger partial charge < -0.3 is 5.84 Å². The average molecular weight is 254 g/mol. The first kappa shape index (κ1) is 11.5. The molecule has 0 aliphatic heterocycles. The molecule has 0 unspecified atom stereocenters. The van der Waals surface area contributed by atoms with Gasteiger partial charge in [0.15, 0.2) is 11.1 Å². The van der Waals surface area contributed by atoms with Crippen LogP contribution in [0.15, 0.2) is 30.7 Å². The first-order valence-corrected chi connectivity index (χ1v) is 5.90. The number of nitrogens with zero attached hydrogens (tertiary/aromatic N) is 4. The lowest BCUT2D eigenvalue weighted by atomic mass is 10.1. The maximum absolute atomic E-state index is 7.90.